The zero-order chi connectivity index (χ0) is 25.1. The van der Waals surface area contributed by atoms with Crippen molar-refractivity contribution in [2.75, 3.05) is 0 Å². The number of rotatable bonds is 2. The van der Waals surface area contributed by atoms with Crippen LogP contribution in [-0.4, -0.2) is 15.0 Å². The van der Waals surface area contributed by atoms with Crippen molar-refractivity contribution < 1.29 is 0 Å². The van der Waals surface area contributed by atoms with Crippen LogP contribution in [0.25, 0.3) is 76.8 Å². The summed E-state index contributed by atoms with van der Waals surface area (Å²) in [4.78, 5) is 14.9. The topological polar surface area (TPSA) is 38.7 Å². The van der Waals surface area contributed by atoms with E-state index in [1.54, 1.807) is 0 Å². The lowest BCUT2D eigenvalue weighted by atomic mass is 9.95. The molecule has 0 atom stereocenters. The van der Waals surface area contributed by atoms with Crippen molar-refractivity contribution >= 4 is 54.3 Å². The minimum atomic E-state index is 0.910. The molecule has 0 fully saturated rings. The van der Waals surface area contributed by atoms with Crippen molar-refractivity contribution in [3.8, 4) is 22.5 Å². The fourth-order valence-electron chi connectivity index (χ4n) is 5.57. The van der Waals surface area contributed by atoms with E-state index in [9.17, 15) is 0 Å². The molecule has 0 spiro atoms. The van der Waals surface area contributed by atoms with Crippen LogP contribution in [0.3, 0.4) is 0 Å². The molecule has 8 rings (SSSR count). The van der Waals surface area contributed by atoms with Crippen LogP contribution in [-0.2, 0) is 0 Å². The second-order valence-electron chi connectivity index (χ2n) is 9.70. The van der Waals surface area contributed by atoms with Crippen LogP contribution in [0.15, 0.2) is 128 Å². The molecule has 0 saturated carbocycles. The Morgan fingerprint density at radius 3 is 1.89 bits per heavy atom. The third kappa shape index (κ3) is 3.26. The van der Waals surface area contributed by atoms with E-state index < -0.39 is 0 Å². The van der Waals surface area contributed by atoms with E-state index in [1.165, 1.54) is 21.5 Å². The van der Waals surface area contributed by atoms with Crippen LogP contribution in [0.5, 0.6) is 0 Å². The number of nitrogens with zero attached hydrogens (tertiary/aromatic N) is 3. The summed E-state index contributed by atoms with van der Waals surface area (Å²) in [5, 5.41) is 8.20. The molecule has 5 aromatic carbocycles. The van der Waals surface area contributed by atoms with Gasteiger partial charge in [0.2, 0.25) is 0 Å². The molecule has 0 aliphatic carbocycles. The molecular weight excluding hydrogens is 462 g/mol. The van der Waals surface area contributed by atoms with E-state index in [-0.39, 0.29) is 0 Å². The Morgan fingerprint density at radius 2 is 1.05 bits per heavy atom. The van der Waals surface area contributed by atoms with E-state index in [0.29, 0.717) is 0 Å². The highest BCUT2D eigenvalue weighted by atomic mass is 14.8. The van der Waals surface area contributed by atoms with Gasteiger partial charge in [0.05, 0.1) is 27.9 Å². The quantitative estimate of drug-likeness (QED) is 0.230. The zero-order valence-electron chi connectivity index (χ0n) is 20.5. The van der Waals surface area contributed by atoms with Crippen LogP contribution in [0.2, 0.25) is 0 Å². The van der Waals surface area contributed by atoms with Crippen molar-refractivity contribution in [2.45, 2.75) is 0 Å². The van der Waals surface area contributed by atoms with E-state index in [4.69, 9.17) is 9.97 Å². The molecular formula is C35H21N3. The van der Waals surface area contributed by atoms with Crippen LogP contribution in [0.1, 0.15) is 0 Å². The van der Waals surface area contributed by atoms with E-state index in [2.05, 4.69) is 120 Å². The summed E-state index contributed by atoms with van der Waals surface area (Å²) in [6.45, 7) is 0. The number of benzene rings is 5. The fraction of sp³-hybridized carbons (Fsp3) is 0. The van der Waals surface area contributed by atoms with Crippen LogP contribution in [0.4, 0.5) is 0 Å². The highest BCUT2D eigenvalue weighted by Gasteiger charge is 2.12. The smallest absolute Gasteiger partial charge is 0.0972 e. The van der Waals surface area contributed by atoms with Gasteiger partial charge in [0.15, 0.2) is 0 Å². The van der Waals surface area contributed by atoms with E-state index >= 15 is 0 Å². The van der Waals surface area contributed by atoms with Crippen molar-refractivity contribution in [1.82, 2.24) is 15.0 Å². The summed E-state index contributed by atoms with van der Waals surface area (Å²) in [6.07, 6.45) is 1.83. The molecule has 0 unspecified atom stereocenters. The Balaban J connectivity index is 1.36. The van der Waals surface area contributed by atoms with Gasteiger partial charge < -0.3 is 0 Å². The van der Waals surface area contributed by atoms with Crippen LogP contribution in [0, 0.1) is 0 Å². The summed E-state index contributed by atoms with van der Waals surface area (Å²) in [5.41, 5.74) is 6.84. The summed E-state index contributed by atoms with van der Waals surface area (Å²) < 4.78 is 0. The first-order valence-electron chi connectivity index (χ1n) is 12.8. The Bertz CT molecular complexity index is 2200. The predicted molar refractivity (Wildman–Crippen MR) is 158 cm³/mol. The second kappa shape index (κ2) is 8.19. The lowest BCUT2D eigenvalue weighted by Gasteiger charge is -2.12. The molecule has 3 heteroatoms. The molecule has 0 radical (unpaired) electrons. The lowest BCUT2D eigenvalue weighted by Crippen LogP contribution is -1.92. The van der Waals surface area contributed by atoms with Gasteiger partial charge in [-0.15, -0.1) is 0 Å². The van der Waals surface area contributed by atoms with Gasteiger partial charge in [-0.1, -0.05) is 91.0 Å². The first kappa shape index (κ1) is 21.0. The summed E-state index contributed by atoms with van der Waals surface area (Å²) >= 11 is 0. The third-order valence-electron chi connectivity index (χ3n) is 7.47. The number of fused-ring (bicyclic) bond motifs is 7. The SMILES string of the molecule is c1cnc2cc(-c3ccc4ccc5ccc(-c6cc7ccccc7c7ccccc67)nc5c4n3)ccc2c1. The average molecular weight is 484 g/mol. The van der Waals surface area contributed by atoms with E-state index in [1.807, 2.05) is 12.3 Å². The van der Waals surface area contributed by atoms with Gasteiger partial charge >= 0.3 is 0 Å². The maximum Gasteiger partial charge on any atom is 0.0972 e. The molecule has 0 bridgehead atoms. The first-order valence-corrected chi connectivity index (χ1v) is 12.8. The molecule has 0 N–H and O–H groups in total. The molecule has 3 heterocycles. The number of hydrogen-bond donors (Lipinski definition) is 0. The summed E-state index contributed by atoms with van der Waals surface area (Å²) in [7, 11) is 0. The standard InChI is InChI=1S/C35H21N3/c1-2-8-27-25(6-1)20-30(29-10-4-3-9-28(27)29)32-18-16-24-13-12-23-15-17-31(37-34(23)35(24)38-32)26-14-11-22-7-5-19-36-33(22)21-26/h1-21H. The van der Waals surface area contributed by atoms with E-state index in [0.717, 1.165) is 55.2 Å². The van der Waals surface area contributed by atoms with Gasteiger partial charge in [-0.25, -0.2) is 9.97 Å². The Morgan fingerprint density at radius 1 is 0.421 bits per heavy atom. The van der Waals surface area contributed by atoms with Crippen LogP contribution >= 0.6 is 0 Å². The second-order valence-corrected chi connectivity index (χ2v) is 9.70. The minimum Gasteiger partial charge on any atom is -0.256 e. The normalized spacial score (nSPS) is 11.7. The highest BCUT2D eigenvalue weighted by Crippen LogP contribution is 2.36. The maximum atomic E-state index is 5.24. The first-order chi connectivity index (χ1) is 18.8. The molecule has 176 valence electrons. The molecule has 3 aromatic heterocycles. The Hall–Kier alpha value is -5.15. The van der Waals surface area contributed by atoms with Gasteiger partial charge in [-0.05, 0) is 51.9 Å². The summed E-state index contributed by atoms with van der Waals surface area (Å²) in [5.74, 6) is 0. The zero-order valence-corrected chi connectivity index (χ0v) is 20.5. The molecule has 0 amide bonds. The predicted octanol–water partition coefficient (Wildman–Crippen LogP) is 8.97. The third-order valence-corrected chi connectivity index (χ3v) is 7.47. The number of hydrogen-bond acceptors (Lipinski definition) is 3. The Kier molecular flexibility index (Phi) is 4.52. The van der Waals surface area contributed by atoms with Crippen molar-refractivity contribution in [3.05, 3.63) is 128 Å². The molecule has 3 nitrogen and oxygen atoms in total. The van der Waals surface area contributed by atoms with Gasteiger partial charge in [-0.3, -0.25) is 4.98 Å². The van der Waals surface area contributed by atoms with Gasteiger partial charge in [0, 0.05) is 33.5 Å². The number of aromatic nitrogens is 3. The van der Waals surface area contributed by atoms with Crippen LogP contribution < -0.4 is 0 Å². The van der Waals surface area contributed by atoms with Crippen molar-refractivity contribution in [1.29, 1.82) is 0 Å². The molecule has 0 aliphatic rings. The average Bonchev–Trinajstić information content (AvgIpc) is 3.00. The largest absolute Gasteiger partial charge is 0.256 e. The lowest BCUT2D eigenvalue weighted by molar-refractivity contribution is 1.36. The Labute approximate surface area is 219 Å². The molecule has 38 heavy (non-hydrogen) atoms. The fourth-order valence-corrected chi connectivity index (χ4v) is 5.57. The monoisotopic (exact) mass is 483 g/mol. The van der Waals surface area contributed by atoms with Gasteiger partial charge in [0.1, 0.15) is 0 Å². The van der Waals surface area contributed by atoms with Gasteiger partial charge in [-0.2, -0.15) is 0 Å². The number of pyridine rings is 3. The maximum absolute atomic E-state index is 5.24. The highest BCUT2D eigenvalue weighted by molar-refractivity contribution is 6.14. The molecule has 0 aliphatic heterocycles. The molecule has 8 aromatic rings. The molecule has 0 saturated heterocycles. The van der Waals surface area contributed by atoms with Crippen molar-refractivity contribution in [3.63, 3.8) is 0 Å². The summed E-state index contributed by atoms with van der Waals surface area (Å²) in [6, 6.07) is 42.6. The van der Waals surface area contributed by atoms with Gasteiger partial charge in [0.25, 0.3) is 0 Å². The minimum absolute atomic E-state index is 0.910. The van der Waals surface area contributed by atoms with Crippen molar-refractivity contribution in [2.24, 2.45) is 0 Å².